The number of primary amides is 1. The van der Waals surface area contributed by atoms with Gasteiger partial charge in [0.25, 0.3) is 0 Å². The molecule has 2 N–H and O–H groups in total. The van der Waals surface area contributed by atoms with Gasteiger partial charge in [0.2, 0.25) is 5.91 Å². The first-order chi connectivity index (χ1) is 12.5. The molecule has 0 radical (unpaired) electrons. The van der Waals surface area contributed by atoms with E-state index in [9.17, 15) is 14.4 Å². The number of hydrogen-bond donors (Lipinski definition) is 1. The van der Waals surface area contributed by atoms with Gasteiger partial charge in [-0.05, 0) is 31.2 Å². The van der Waals surface area contributed by atoms with Gasteiger partial charge in [0.1, 0.15) is 5.78 Å². The van der Waals surface area contributed by atoms with Crippen LogP contribution in [0.1, 0.15) is 87.6 Å². The van der Waals surface area contributed by atoms with Crippen LogP contribution in [0.2, 0.25) is 0 Å². The summed E-state index contributed by atoms with van der Waals surface area (Å²) in [5.74, 6) is -0.522. The van der Waals surface area contributed by atoms with Gasteiger partial charge in [-0.1, -0.05) is 57.4 Å². The highest BCUT2D eigenvalue weighted by Crippen LogP contribution is 2.17. The Kier molecular flexibility index (Phi) is 10.5. The van der Waals surface area contributed by atoms with Crippen LogP contribution in [0.5, 0.6) is 0 Å². The highest BCUT2D eigenvalue weighted by Gasteiger charge is 2.18. The van der Waals surface area contributed by atoms with Gasteiger partial charge in [-0.25, -0.2) is 0 Å². The predicted molar refractivity (Wildman–Crippen MR) is 105 cm³/mol. The molecule has 0 saturated carbocycles. The van der Waals surface area contributed by atoms with Crippen molar-refractivity contribution in [1.29, 1.82) is 0 Å². The summed E-state index contributed by atoms with van der Waals surface area (Å²) in [6.45, 7) is 3.97. The molecule has 1 aromatic rings. The first-order valence-electron chi connectivity index (χ1n) is 9.91. The Bertz CT molecular complexity index is 578. The van der Waals surface area contributed by atoms with Gasteiger partial charge < -0.3 is 5.73 Å². The van der Waals surface area contributed by atoms with Gasteiger partial charge in [-0.15, -0.1) is 0 Å². The molecule has 1 atom stereocenters. The van der Waals surface area contributed by atoms with Crippen LogP contribution in [0.3, 0.4) is 0 Å². The first kappa shape index (κ1) is 22.1. The molecule has 1 amide bonds. The molecule has 0 unspecified atom stereocenters. The minimum Gasteiger partial charge on any atom is -0.369 e. The minimum atomic E-state index is -0.397. The lowest BCUT2D eigenvalue weighted by molar-refractivity contribution is -0.127. The number of Topliss-reactive ketones (excluding diaryl/α,β-unsaturated/α-hetero) is 2. The number of unbranched alkanes of at least 4 members (excludes halogenated alkanes) is 3. The molecule has 0 fully saturated rings. The van der Waals surface area contributed by atoms with Crippen LogP contribution in [-0.4, -0.2) is 17.5 Å². The van der Waals surface area contributed by atoms with E-state index in [1.54, 1.807) is 6.92 Å². The van der Waals surface area contributed by atoms with Crippen LogP contribution >= 0.6 is 0 Å². The maximum Gasteiger partial charge on any atom is 0.220 e. The molecule has 0 bridgehead atoms. The second kappa shape index (κ2) is 12.4. The van der Waals surface area contributed by atoms with Crippen LogP contribution in [-0.2, 0) is 16.0 Å². The smallest absolute Gasteiger partial charge is 0.220 e. The number of aryl methyl sites for hydroxylation is 1. The van der Waals surface area contributed by atoms with E-state index in [0.717, 1.165) is 31.2 Å². The number of carbonyl (C=O) groups is 3. The molecule has 1 rings (SSSR count). The zero-order valence-corrected chi connectivity index (χ0v) is 16.3. The van der Waals surface area contributed by atoms with E-state index in [2.05, 4.69) is 6.92 Å². The molecule has 0 aliphatic rings. The SMILES string of the molecule is CCCCc1ccc(C(=O)CCCCC[C@H](CC(=O)CC)C(N)=O)cc1. The second-order valence-corrected chi connectivity index (χ2v) is 7.02. The normalized spacial score (nSPS) is 11.9. The lowest BCUT2D eigenvalue weighted by Crippen LogP contribution is -2.25. The molecule has 0 aromatic heterocycles. The Balaban J connectivity index is 2.30. The lowest BCUT2D eigenvalue weighted by atomic mass is 9.93. The largest absolute Gasteiger partial charge is 0.369 e. The van der Waals surface area contributed by atoms with Crippen LogP contribution in [0.4, 0.5) is 0 Å². The van der Waals surface area contributed by atoms with Crippen molar-refractivity contribution in [2.24, 2.45) is 11.7 Å². The van der Waals surface area contributed by atoms with Gasteiger partial charge in [-0.2, -0.15) is 0 Å². The summed E-state index contributed by atoms with van der Waals surface area (Å²) >= 11 is 0. The van der Waals surface area contributed by atoms with Gasteiger partial charge in [0.15, 0.2) is 5.78 Å². The highest BCUT2D eigenvalue weighted by molar-refractivity contribution is 5.96. The third-order valence-electron chi connectivity index (χ3n) is 4.82. The number of amides is 1. The number of ketones is 2. The Morgan fingerprint density at radius 3 is 2.23 bits per heavy atom. The molecule has 0 saturated heterocycles. The first-order valence-corrected chi connectivity index (χ1v) is 9.91. The van der Waals surface area contributed by atoms with Crippen molar-refractivity contribution in [1.82, 2.24) is 0 Å². The van der Waals surface area contributed by atoms with Crippen molar-refractivity contribution in [2.75, 3.05) is 0 Å². The van der Waals surface area contributed by atoms with Crippen molar-refractivity contribution in [3.63, 3.8) is 0 Å². The maximum absolute atomic E-state index is 12.2. The van der Waals surface area contributed by atoms with E-state index in [0.29, 0.717) is 19.3 Å². The monoisotopic (exact) mass is 359 g/mol. The minimum absolute atomic E-state index is 0.0753. The predicted octanol–water partition coefficient (Wildman–Crippen LogP) is 4.63. The Morgan fingerprint density at radius 1 is 0.962 bits per heavy atom. The number of hydrogen-bond acceptors (Lipinski definition) is 3. The topological polar surface area (TPSA) is 77.2 Å². The van der Waals surface area contributed by atoms with E-state index in [1.165, 1.54) is 18.4 Å². The molecule has 26 heavy (non-hydrogen) atoms. The van der Waals surface area contributed by atoms with E-state index in [1.807, 2.05) is 24.3 Å². The summed E-state index contributed by atoms with van der Waals surface area (Å²) in [6, 6.07) is 7.94. The molecule has 4 heteroatoms. The lowest BCUT2D eigenvalue weighted by Gasteiger charge is -2.11. The van der Waals surface area contributed by atoms with Crippen LogP contribution in [0.25, 0.3) is 0 Å². The van der Waals surface area contributed by atoms with E-state index >= 15 is 0 Å². The maximum atomic E-state index is 12.2. The van der Waals surface area contributed by atoms with Crippen molar-refractivity contribution in [2.45, 2.75) is 78.1 Å². The van der Waals surface area contributed by atoms with Gasteiger partial charge in [0.05, 0.1) is 0 Å². The molecular formula is C22H33NO3. The number of carbonyl (C=O) groups excluding carboxylic acids is 3. The molecular weight excluding hydrogens is 326 g/mol. The fourth-order valence-electron chi connectivity index (χ4n) is 3.00. The Hall–Kier alpha value is -1.97. The zero-order chi connectivity index (χ0) is 19.4. The summed E-state index contributed by atoms with van der Waals surface area (Å²) < 4.78 is 0. The third-order valence-corrected chi connectivity index (χ3v) is 4.82. The summed E-state index contributed by atoms with van der Waals surface area (Å²) in [5, 5.41) is 0. The summed E-state index contributed by atoms with van der Waals surface area (Å²) in [4.78, 5) is 35.1. The highest BCUT2D eigenvalue weighted by atomic mass is 16.1. The number of benzene rings is 1. The zero-order valence-electron chi connectivity index (χ0n) is 16.3. The van der Waals surface area contributed by atoms with Gasteiger partial charge in [-0.3, -0.25) is 14.4 Å². The average molecular weight is 360 g/mol. The summed E-state index contributed by atoms with van der Waals surface area (Å²) in [5.41, 5.74) is 7.43. The second-order valence-electron chi connectivity index (χ2n) is 7.02. The van der Waals surface area contributed by atoms with Crippen molar-refractivity contribution < 1.29 is 14.4 Å². The molecule has 1 aromatic carbocycles. The van der Waals surface area contributed by atoms with Crippen LogP contribution < -0.4 is 5.73 Å². The molecule has 0 aliphatic carbocycles. The Morgan fingerprint density at radius 2 is 1.65 bits per heavy atom. The van der Waals surface area contributed by atoms with Crippen molar-refractivity contribution in [3.05, 3.63) is 35.4 Å². The fraction of sp³-hybridized carbons (Fsp3) is 0.591. The number of rotatable bonds is 14. The Labute approximate surface area is 157 Å². The average Bonchev–Trinajstić information content (AvgIpc) is 2.64. The fourth-order valence-corrected chi connectivity index (χ4v) is 3.00. The molecule has 0 heterocycles. The third kappa shape index (κ3) is 8.41. The number of nitrogens with two attached hydrogens (primary N) is 1. The van der Waals surface area contributed by atoms with Crippen molar-refractivity contribution in [3.8, 4) is 0 Å². The molecule has 0 spiro atoms. The molecule has 144 valence electrons. The molecule has 4 nitrogen and oxygen atoms in total. The van der Waals surface area contributed by atoms with E-state index in [4.69, 9.17) is 5.73 Å². The van der Waals surface area contributed by atoms with Crippen molar-refractivity contribution >= 4 is 17.5 Å². The van der Waals surface area contributed by atoms with Gasteiger partial charge >= 0.3 is 0 Å². The molecule has 0 aliphatic heterocycles. The van der Waals surface area contributed by atoms with E-state index in [-0.39, 0.29) is 23.9 Å². The quantitative estimate of drug-likeness (QED) is 0.388. The van der Waals surface area contributed by atoms with Gasteiger partial charge in [0, 0.05) is 30.7 Å². The summed E-state index contributed by atoms with van der Waals surface area (Å²) in [6.07, 6.45) is 7.71. The van der Waals surface area contributed by atoms with Crippen LogP contribution in [0, 0.1) is 5.92 Å². The van der Waals surface area contributed by atoms with Crippen LogP contribution in [0.15, 0.2) is 24.3 Å². The standard InChI is InChI=1S/C22H33NO3/c1-3-5-9-17-12-14-18(15-13-17)21(25)11-8-6-7-10-19(22(23)26)16-20(24)4-2/h12-15,19H,3-11,16H2,1-2H3,(H2,23,26)/t19-/m1/s1. The summed E-state index contributed by atoms with van der Waals surface area (Å²) in [7, 11) is 0. The van der Waals surface area contributed by atoms with E-state index < -0.39 is 5.91 Å².